The van der Waals surface area contributed by atoms with Gasteiger partial charge in [0.25, 0.3) is 5.56 Å². The van der Waals surface area contributed by atoms with Crippen molar-refractivity contribution >= 4 is 0 Å². The second-order valence-corrected chi connectivity index (χ2v) is 7.14. The quantitative estimate of drug-likeness (QED) is 0.668. The van der Waals surface area contributed by atoms with E-state index in [2.05, 4.69) is 32.7 Å². The van der Waals surface area contributed by atoms with Crippen LogP contribution in [0.2, 0.25) is 0 Å². The molecule has 0 fully saturated rings. The van der Waals surface area contributed by atoms with Gasteiger partial charge in [-0.15, -0.1) is 0 Å². The Kier molecular flexibility index (Phi) is 8.21. The number of aromatic amines is 1. The third-order valence-corrected chi connectivity index (χ3v) is 4.34. The van der Waals surface area contributed by atoms with Crippen LogP contribution in [-0.2, 0) is 6.54 Å². The smallest absolute Gasteiger partial charge is 0.301 e. The zero-order chi connectivity index (χ0) is 16.5. The van der Waals surface area contributed by atoms with Gasteiger partial charge in [0.1, 0.15) is 0 Å². The maximum absolute atomic E-state index is 11.5. The number of hydrogen-bond acceptors (Lipinski definition) is 2. The van der Waals surface area contributed by atoms with E-state index >= 15 is 0 Å². The third kappa shape index (κ3) is 7.10. The minimum absolute atomic E-state index is 0.302. The molecule has 0 aliphatic heterocycles. The maximum Gasteiger partial charge on any atom is 0.328 e. The van der Waals surface area contributed by atoms with Crippen LogP contribution in [0.25, 0.3) is 0 Å². The van der Waals surface area contributed by atoms with E-state index in [1.54, 1.807) is 10.8 Å². The summed E-state index contributed by atoms with van der Waals surface area (Å²) in [5, 5.41) is 0. The highest BCUT2D eigenvalue weighted by molar-refractivity contribution is 4.82. The summed E-state index contributed by atoms with van der Waals surface area (Å²) < 4.78 is 1.58. The Hall–Kier alpha value is -1.32. The van der Waals surface area contributed by atoms with Crippen molar-refractivity contribution in [1.82, 2.24) is 9.55 Å². The van der Waals surface area contributed by atoms with Crippen LogP contribution in [0, 0.1) is 17.8 Å². The molecule has 1 aromatic heterocycles. The number of unbranched alkanes of at least 4 members (excludes halogenated alkanes) is 3. The van der Waals surface area contributed by atoms with E-state index in [4.69, 9.17) is 0 Å². The van der Waals surface area contributed by atoms with Gasteiger partial charge < -0.3 is 4.57 Å². The molecule has 22 heavy (non-hydrogen) atoms. The molecular formula is C18H32N2O2. The van der Waals surface area contributed by atoms with E-state index in [1.807, 2.05) is 0 Å². The van der Waals surface area contributed by atoms with E-state index in [1.165, 1.54) is 31.7 Å². The zero-order valence-corrected chi connectivity index (χ0v) is 14.6. The lowest BCUT2D eigenvalue weighted by Crippen LogP contribution is -2.28. The van der Waals surface area contributed by atoms with Gasteiger partial charge >= 0.3 is 5.69 Å². The van der Waals surface area contributed by atoms with Crippen LogP contribution in [0.1, 0.15) is 66.2 Å². The molecule has 0 amide bonds. The predicted octanol–water partition coefficient (Wildman–Crippen LogP) is 3.81. The molecule has 0 saturated heterocycles. The number of nitrogens with one attached hydrogen (secondary N) is 1. The first-order chi connectivity index (χ1) is 10.4. The van der Waals surface area contributed by atoms with E-state index in [9.17, 15) is 9.59 Å². The molecule has 0 saturated carbocycles. The Morgan fingerprint density at radius 2 is 1.73 bits per heavy atom. The number of aromatic nitrogens is 2. The fourth-order valence-electron chi connectivity index (χ4n) is 2.99. The molecule has 4 heteroatoms. The van der Waals surface area contributed by atoms with E-state index in [0.29, 0.717) is 6.54 Å². The first-order valence-electron chi connectivity index (χ1n) is 8.70. The van der Waals surface area contributed by atoms with Gasteiger partial charge in [-0.1, -0.05) is 53.4 Å². The lowest BCUT2D eigenvalue weighted by molar-refractivity contribution is 0.289. The molecule has 1 N–H and O–H groups in total. The van der Waals surface area contributed by atoms with Crippen LogP contribution in [-0.4, -0.2) is 9.55 Å². The van der Waals surface area contributed by atoms with Crippen molar-refractivity contribution in [3.63, 3.8) is 0 Å². The average molecular weight is 308 g/mol. The number of aryl methyl sites for hydroxylation is 1. The number of rotatable bonds is 10. The summed E-state index contributed by atoms with van der Waals surface area (Å²) in [6.45, 7) is 9.95. The highest BCUT2D eigenvalue weighted by Crippen LogP contribution is 2.25. The van der Waals surface area contributed by atoms with Crippen molar-refractivity contribution in [3.05, 3.63) is 33.1 Å². The average Bonchev–Trinajstić information content (AvgIpc) is 2.42. The number of nitrogens with zero attached hydrogens (tertiary/aromatic N) is 1. The second kappa shape index (κ2) is 9.65. The molecule has 0 aliphatic rings. The lowest BCUT2D eigenvalue weighted by Gasteiger charge is -2.22. The summed E-state index contributed by atoms with van der Waals surface area (Å²) >= 11 is 0. The van der Waals surface area contributed by atoms with Crippen molar-refractivity contribution in [2.45, 2.75) is 72.8 Å². The van der Waals surface area contributed by atoms with Crippen LogP contribution in [0.15, 0.2) is 21.9 Å². The molecule has 4 nitrogen and oxygen atoms in total. The summed E-state index contributed by atoms with van der Waals surface area (Å²) in [6, 6.07) is 1.40. The zero-order valence-electron chi connectivity index (χ0n) is 14.6. The van der Waals surface area contributed by atoms with Gasteiger partial charge in [-0.05, 0) is 30.6 Å². The molecule has 1 rings (SSSR count). The molecule has 126 valence electrons. The van der Waals surface area contributed by atoms with Crippen LogP contribution in [0.5, 0.6) is 0 Å². The summed E-state index contributed by atoms with van der Waals surface area (Å²) in [5.41, 5.74) is -0.629. The molecule has 1 unspecified atom stereocenters. The SMILES string of the molecule is CC(C)CC(CCCCCCn1ccc(=O)[nH]c1=O)C(C)C. The predicted molar refractivity (Wildman–Crippen MR) is 92.2 cm³/mol. The molecule has 1 atom stereocenters. The van der Waals surface area contributed by atoms with E-state index in [-0.39, 0.29) is 11.2 Å². The standard InChI is InChI=1S/C18H32N2O2/c1-14(2)13-16(15(3)4)9-7-5-6-8-11-20-12-10-17(21)19-18(20)22/h10,12,14-16H,5-9,11,13H2,1-4H3,(H,19,21,22). The molecular weight excluding hydrogens is 276 g/mol. The Morgan fingerprint density at radius 1 is 1.05 bits per heavy atom. The van der Waals surface area contributed by atoms with Gasteiger partial charge in [-0.2, -0.15) is 0 Å². The molecule has 0 radical (unpaired) electrons. The lowest BCUT2D eigenvalue weighted by atomic mass is 9.84. The van der Waals surface area contributed by atoms with Crippen molar-refractivity contribution in [2.24, 2.45) is 17.8 Å². The van der Waals surface area contributed by atoms with Gasteiger partial charge in [-0.3, -0.25) is 9.78 Å². The minimum atomic E-state index is -0.328. The summed E-state index contributed by atoms with van der Waals surface area (Å²) in [5.74, 6) is 2.38. The number of hydrogen-bond donors (Lipinski definition) is 1. The van der Waals surface area contributed by atoms with Gasteiger partial charge in [0.05, 0.1) is 0 Å². The molecule has 0 bridgehead atoms. The molecule has 0 aromatic carbocycles. The van der Waals surface area contributed by atoms with Crippen LogP contribution in [0.3, 0.4) is 0 Å². The van der Waals surface area contributed by atoms with Gasteiger partial charge in [0.2, 0.25) is 0 Å². The van der Waals surface area contributed by atoms with Crippen LogP contribution in [0.4, 0.5) is 0 Å². The molecule has 1 heterocycles. The first-order valence-corrected chi connectivity index (χ1v) is 8.70. The summed E-state index contributed by atoms with van der Waals surface area (Å²) in [7, 11) is 0. The van der Waals surface area contributed by atoms with Crippen molar-refractivity contribution in [2.75, 3.05) is 0 Å². The van der Waals surface area contributed by atoms with Crippen LogP contribution >= 0.6 is 0 Å². The second-order valence-electron chi connectivity index (χ2n) is 7.14. The van der Waals surface area contributed by atoms with Gasteiger partial charge in [0.15, 0.2) is 0 Å². The summed E-state index contributed by atoms with van der Waals surface area (Å²) in [6.07, 6.45) is 8.84. The topological polar surface area (TPSA) is 54.9 Å². The molecule has 0 spiro atoms. The minimum Gasteiger partial charge on any atom is -0.301 e. The monoisotopic (exact) mass is 308 g/mol. The summed E-state index contributed by atoms with van der Waals surface area (Å²) in [4.78, 5) is 24.8. The Morgan fingerprint density at radius 3 is 2.32 bits per heavy atom. The first kappa shape index (κ1) is 18.7. The molecule has 1 aromatic rings. The fourth-order valence-corrected chi connectivity index (χ4v) is 2.99. The van der Waals surface area contributed by atoms with Gasteiger partial charge in [0, 0.05) is 18.8 Å². The Balaban J connectivity index is 2.22. The maximum atomic E-state index is 11.5. The van der Waals surface area contributed by atoms with Crippen molar-refractivity contribution in [1.29, 1.82) is 0 Å². The fraction of sp³-hybridized carbons (Fsp3) is 0.778. The van der Waals surface area contributed by atoms with Gasteiger partial charge in [-0.25, -0.2) is 4.79 Å². The van der Waals surface area contributed by atoms with Crippen molar-refractivity contribution in [3.8, 4) is 0 Å². The molecule has 0 aliphatic carbocycles. The third-order valence-electron chi connectivity index (χ3n) is 4.34. The van der Waals surface area contributed by atoms with Crippen LogP contribution < -0.4 is 11.2 Å². The van der Waals surface area contributed by atoms with E-state index in [0.717, 1.165) is 30.6 Å². The highest BCUT2D eigenvalue weighted by Gasteiger charge is 2.14. The Bertz CT molecular complexity index is 528. The van der Waals surface area contributed by atoms with E-state index < -0.39 is 0 Å². The highest BCUT2D eigenvalue weighted by atomic mass is 16.2. The number of H-pyrrole nitrogens is 1. The Labute approximate surface area is 134 Å². The largest absolute Gasteiger partial charge is 0.328 e. The van der Waals surface area contributed by atoms with Crippen molar-refractivity contribution < 1.29 is 0 Å². The normalized spacial score (nSPS) is 13.0.